The van der Waals surface area contributed by atoms with Crippen LogP contribution in [0.15, 0.2) is 24.3 Å². The number of amides is 1. The summed E-state index contributed by atoms with van der Waals surface area (Å²) in [6, 6.07) is 8.25. The van der Waals surface area contributed by atoms with Crippen LogP contribution in [0.3, 0.4) is 0 Å². The van der Waals surface area contributed by atoms with Gasteiger partial charge in [0.15, 0.2) is 0 Å². The maximum atomic E-state index is 12.0. The van der Waals surface area contributed by atoms with Crippen LogP contribution in [0.5, 0.6) is 5.75 Å². The Hall–Kier alpha value is -1.55. The van der Waals surface area contributed by atoms with Gasteiger partial charge in [-0.3, -0.25) is 4.79 Å². The summed E-state index contributed by atoms with van der Waals surface area (Å²) in [5.74, 6) is 0.970. The van der Waals surface area contributed by atoms with E-state index in [9.17, 15) is 4.79 Å². The Balaban J connectivity index is 1.73. The molecule has 0 saturated carbocycles. The molecule has 0 radical (unpaired) electrons. The SMILES string of the molecule is COc1ccc(CCC(=O)NCC2NCCCC2(C)C)cc1. The second-order valence-corrected chi connectivity index (χ2v) is 6.75. The molecule has 122 valence electrons. The minimum absolute atomic E-state index is 0.124. The van der Waals surface area contributed by atoms with E-state index in [1.807, 2.05) is 24.3 Å². The Kier molecular flexibility index (Phi) is 5.83. The highest BCUT2D eigenvalue weighted by Crippen LogP contribution is 2.29. The van der Waals surface area contributed by atoms with Crippen molar-refractivity contribution in [3.8, 4) is 5.75 Å². The molecule has 0 aromatic heterocycles. The molecule has 1 fully saturated rings. The van der Waals surface area contributed by atoms with Gasteiger partial charge < -0.3 is 15.4 Å². The average Bonchev–Trinajstić information content (AvgIpc) is 2.52. The maximum absolute atomic E-state index is 12.0. The van der Waals surface area contributed by atoms with Gasteiger partial charge in [0.2, 0.25) is 5.91 Å². The molecule has 1 aliphatic heterocycles. The topological polar surface area (TPSA) is 50.4 Å². The zero-order chi connectivity index (χ0) is 16.0. The number of rotatable bonds is 6. The summed E-state index contributed by atoms with van der Waals surface area (Å²) < 4.78 is 5.13. The van der Waals surface area contributed by atoms with E-state index in [2.05, 4.69) is 24.5 Å². The van der Waals surface area contributed by atoms with Gasteiger partial charge >= 0.3 is 0 Å². The molecule has 2 N–H and O–H groups in total. The molecule has 1 saturated heterocycles. The van der Waals surface area contributed by atoms with Crippen molar-refractivity contribution in [2.45, 2.75) is 45.6 Å². The van der Waals surface area contributed by atoms with Crippen molar-refractivity contribution in [2.24, 2.45) is 5.41 Å². The number of nitrogens with one attached hydrogen (secondary N) is 2. The van der Waals surface area contributed by atoms with Gasteiger partial charge in [-0.25, -0.2) is 0 Å². The molecule has 1 atom stereocenters. The first-order chi connectivity index (χ1) is 10.5. The molecule has 0 spiro atoms. The summed E-state index contributed by atoms with van der Waals surface area (Å²) in [5, 5.41) is 6.60. The summed E-state index contributed by atoms with van der Waals surface area (Å²) in [4.78, 5) is 12.0. The van der Waals surface area contributed by atoms with Crippen molar-refractivity contribution in [1.82, 2.24) is 10.6 Å². The number of aryl methyl sites for hydroxylation is 1. The highest BCUT2D eigenvalue weighted by atomic mass is 16.5. The molecule has 1 aliphatic rings. The van der Waals surface area contributed by atoms with Gasteiger partial charge in [-0.15, -0.1) is 0 Å². The van der Waals surface area contributed by atoms with Gasteiger partial charge in [0, 0.05) is 19.0 Å². The molecule has 1 heterocycles. The number of carbonyl (C=O) groups is 1. The van der Waals surface area contributed by atoms with Crippen LogP contribution in [0.1, 0.15) is 38.7 Å². The fraction of sp³-hybridized carbons (Fsp3) is 0.611. The van der Waals surface area contributed by atoms with Crippen molar-refractivity contribution in [3.05, 3.63) is 29.8 Å². The minimum atomic E-state index is 0.124. The van der Waals surface area contributed by atoms with Gasteiger partial charge in [0.05, 0.1) is 7.11 Å². The van der Waals surface area contributed by atoms with Gasteiger partial charge in [0.1, 0.15) is 5.75 Å². The molecule has 4 heteroatoms. The Morgan fingerprint density at radius 3 is 2.73 bits per heavy atom. The fourth-order valence-corrected chi connectivity index (χ4v) is 2.97. The first-order valence-corrected chi connectivity index (χ1v) is 8.14. The summed E-state index contributed by atoms with van der Waals surface area (Å²) in [6.45, 7) is 6.31. The number of hydrogen-bond donors (Lipinski definition) is 2. The number of benzene rings is 1. The maximum Gasteiger partial charge on any atom is 0.220 e. The van der Waals surface area contributed by atoms with E-state index >= 15 is 0 Å². The van der Waals surface area contributed by atoms with Gasteiger partial charge in [-0.2, -0.15) is 0 Å². The van der Waals surface area contributed by atoms with E-state index in [4.69, 9.17) is 4.74 Å². The molecule has 1 aromatic rings. The molecule has 4 nitrogen and oxygen atoms in total. The Morgan fingerprint density at radius 2 is 2.09 bits per heavy atom. The lowest BCUT2D eigenvalue weighted by molar-refractivity contribution is -0.121. The molecule has 2 rings (SSSR count). The highest BCUT2D eigenvalue weighted by Gasteiger charge is 2.31. The highest BCUT2D eigenvalue weighted by molar-refractivity contribution is 5.76. The molecular weight excluding hydrogens is 276 g/mol. The molecule has 1 unspecified atom stereocenters. The number of hydrogen-bond acceptors (Lipinski definition) is 3. The number of methoxy groups -OCH3 is 1. The van der Waals surface area contributed by atoms with Crippen LogP contribution in [0.25, 0.3) is 0 Å². The third-order valence-electron chi connectivity index (χ3n) is 4.64. The predicted octanol–water partition coefficient (Wildman–Crippen LogP) is 2.52. The van der Waals surface area contributed by atoms with Gasteiger partial charge in [-0.1, -0.05) is 26.0 Å². The molecule has 1 amide bonds. The van der Waals surface area contributed by atoms with Crippen LogP contribution in [-0.2, 0) is 11.2 Å². The Morgan fingerprint density at radius 1 is 1.36 bits per heavy atom. The number of carbonyl (C=O) groups excluding carboxylic acids is 1. The van der Waals surface area contributed by atoms with Crippen molar-refractivity contribution in [2.75, 3.05) is 20.2 Å². The minimum Gasteiger partial charge on any atom is -0.497 e. The monoisotopic (exact) mass is 304 g/mol. The standard InChI is InChI=1S/C18H28N2O2/c1-18(2)11-4-12-19-16(18)13-20-17(21)10-7-14-5-8-15(22-3)9-6-14/h5-6,8-9,16,19H,4,7,10-13H2,1-3H3,(H,20,21). The molecule has 1 aromatic carbocycles. The summed E-state index contributed by atoms with van der Waals surface area (Å²) in [7, 11) is 1.66. The third-order valence-corrected chi connectivity index (χ3v) is 4.64. The lowest BCUT2D eigenvalue weighted by Gasteiger charge is -2.39. The molecule has 0 aliphatic carbocycles. The predicted molar refractivity (Wildman–Crippen MR) is 89.1 cm³/mol. The molecule has 0 bridgehead atoms. The van der Waals surface area contributed by atoms with Crippen molar-refractivity contribution in [1.29, 1.82) is 0 Å². The summed E-state index contributed by atoms with van der Waals surface area (Å²) >= 11 is 0. The van der Waals surface area contributed by atoms with Crippen molar-refractivity contribution >= 4 is 5.91 Å². The second kappa shape index (κ2) is 7.63. The number of piperidine rings is 1. The van der Waals surface area contributed by atoms with E-state index < -0.39 is 0 Å². The van der Waals surface area contributed by atoms with E-state index in [0.717, 1.165) is 24.3 Å². The Bertz CT molecular complexity index is 482. The lowest BCUT2D eigenvalue weighted by Crippen LogP contribution is -2.52. The summed E-state index contributed by atoms with van der Waals surface area (Å²) in [5.41, 5.74) is 1.41. The first kappa shape index (κ1) is 16.8. The quantitative estimate of drug-likeness (QED) is 0.849. The van der Waals surface area contributed by atoms with Crippen LogP contribution < -0.4 is 15.4 Å². The van der Waals surface area contributed by atoms with E-state index in [1.54, 1.807) is 7.11 Å². The largest absolute Gasteiger partial charge is 0.497 e. The first-order valence-electron chi connectivity index (χ1n) is 8.14. The summed E-state index contributed by atoms with van der Waals surface area (Å²) in [6.07, 6.45) is 3.72. The fourth-order valence-electron chi connectivity index (χ4n) is 2.97. The second-order valence-electron chi connectivity index (χ2n) is 6.75. The third kappa shape index (κ3) is 4.73. The van der Waals surface area contributed by atoms with Gasteiger partial charge in [0.25, 0.3) is 0 Å². The smallest absolute Gasteiger partial charge is 0.220 e. The van der Waals surface area contributed by atoms with E-state index in [1.165, 1.54) is 12.8 Å². The lowest BCUT2D eigenvalue weighted by atomic mass is 9.77. The van der Waals surface area contributed by atoms with Crippen LogP contribution in [0.2, 0.25) is 0 Å². The molecular formula is C18H28N2O2. The van der Waals surface area contributed by atoms with Crippen LogP contribution in [0, 0.1) is 5.41 Å². The van der Waals surface area contributed by atoms with Gasteiger partial charge in [-0.05, 0) is 48.9 Å². The Labute approximate surface area is 133 Å². The van der Waals surface area contributed by atoms with Crippen LogP contribution in [0.4, 0.5) is 0 Å². The van der Waals surface area contributed by atoms with E-state index in [-0.39, 0.29) is 11.3 Å². The van der Waals surface area contributed by atoms with Crippen molar-refractivity contribution < 1.29 is 9.53 Å². The van der Waals surface area contributed by atoms with E-state index in [0.29, 0.717) is 19.0 Å². The average molecular weight is 304 g/mol. The zero-order valence-corrected chi connectivity index (χ0v) is 13.9. The van der Waals surface area contributed by atoms with Crippen LogP contribution in [-0.4, -0.2) is 32.1 Å². The zero-order valence-electron chi connectivity index (χ0n) is 13.9. The van der Waals surface area contributed by atoms with Crippen molar-refractivity contribution in [3.63, 3.8) is 0 Å². The van der Waals surface area contributed by atoms with Crippen LogP contribution >= 0.6 is 0 Å². The normalized spacial score (nSPS) is 20.4. The number of ether oxygens (including phenoxy) is 1. The molecule has 22 heavy (non-hydrogen) atoms.